The number of anilines is 1. The summed E-state index contributed by atoms with van der Waals surface area (Å²) in [6.45, 7) is 6.24. The van der Waals surface area contributed by atoms with E-state index in [-0.39, 0.29) is 18.5 Å². The molecule has 0 spiro atoms. The van der Waals surface area contributed by atoms with E-state index in [0.29, 0.717) is 29.5 Å². The minimum atomic E-state index is -0.381. The summed E-state index contributed by atoms with van der Waals surface area (Å²) >= 11 is 0. The van der Waals surface area contributed by atoms with Crippen molar-refractivity contribution in [3.8, 4) is 5.75 Å². The molecule has 5 heteroatoms. The van der Waals surface area contributed by atoms with Crippen LogP contribution in [-0.4, -0.2) is 25.1 Å². The van der Waals surface area contributed by atoms with Crippen LogP contribution in [0.15, 0.2) is 48.5 Å². The van der Waals surface area contributed by atoms with Crippen molar-refractivity contribution in [1.29, 1.82) is 0 Å². The molecular weight excluding hydrogens is 318 g/mol. The highest BCUT2D eigenvalue weighted by Gasteiger charge is 2.08. The van der Waals surface area contributed by atoms with Crippen molar-refractivity contribution in [2.45, 2.75) is 26.7 Å². The maximum Gasteiger partial charge on any atom is 0.338 e. The van der Waals surface area contributed by atoms with Crippen molar-refractivity contribution in [1.82, 2.24) is 0 Å². The summed E-state index contributed by atoms with van der Waals surface area (Å²) in [6, 6.07) is 14.2. The maximum absolute atomic E-state index is 12.0. The normalized spacial score (nSPS) is 10.4. The van der Waals surface area contributed by atoms with Crippen molar-refractivity contribution in [2.75, 3.05) is 18.5 Å². The molecule has 132 valence electrons. The van der Waals surface area contributed by atoms with Gasteiger partial charge in [-0.25, -0.2) is 4.79 Å². The smallest absolute Gasteiger partial charge is 0.338 e. The number of esters is 1. The zero-order chi connectivity index (χ0) is 18.2. The van der Waals surface area contributed by atoms with E-state index in [1.165, 1.54) is 5.56 Å². The van der Waals surface area contributed by atoms with Crippen LogP contribution in [0.2, 0.25) is 0 Å². The third kappa shape index (κ3) is 5.64. The minimum Gasteiger partial charge on any atom is -0.484 e. The van der Waals surface area contributed by atoms with Crippen LogP contribution >= 0.6 is 0 Å². The van der Waals surface area contributed by atoms with Crippen LogP contribution in [-0.2, 0) is 9.53 Å². The van der Waals surface area contributed by atoms with Crippen molar-refractivity contribution >= 4 is 17.6 Å². The predicted octanol–water partition coefficient (Wildman–Crippen LogP) is 4.00. The van der Waals surface area contributed by atoms with Crippen LogP contribution in [0.25, 0.3) is 0 Å². The molecule has 5 nitrogen and oxygen atoms in total. The van der Waals surface area contributed by atoms with E-state index in [0.717, 1.165) is 0 Å². The Balaban J connectivity index is 1.84. The quantitative estimate of drug-likeness (QED) is 0.773. The van der Waals surface area contributed by atoms with E-state index >= 15 is 0 Å². The average molecular weight is 341 g/mol. The number of rotatable bonds is 7. The molecule has 0 aliphatic rings. The first kappa shape index (κ1) is 18.5. The first-order valence-electron chi connectivity index (χ1n) is 8.29. The number of hydrogen-bond acceptors (Lipinski definition) is 4. The molecule has 1 amide bonds. The van der Waals surface area contributed by atoms with Crippen LogP contribution < -0.4 is 10.1 Å². The Kier molecular flexibility index (Phi) is 6.57. The zero-order valence-corrected chi connectivity index (χ0v) is 14.7. The molecule has 0 fully saturated rings. The highest BCUT2D eigenvalue weighted by atomic mass is 16.5. The van der Waals surface area contributed by atoms with Gasteiger partial charge >= 0.3 is 5.97 Å². The van der Waals surface area contributed by atoms with Crippen LogP contribution in [0.4, 0.5) is 5.69 Å². The molecule has 25 heavy (non-hydrogen) atoms. The fourth-order valence-electron chi connectivity index (χ4n) is 2.20. The lowest BCUT2D eigenvalue weighted by molar-refractivity contribution is -0.118. The van der Waals surface area contributed by atoms with Crippen molar-refractivity contribution in [3.63, 3.8) is 0 Å². The Bertz CT molecular complexity index is 705. The van der Waals surface area contributed by atoms with Crippen LogP contribution in [0.5, 0.6) is 5.75 Å². The number of carbonyl (C=O) groups is 2. The predicted molar refractivity (Wildman–Crippen MR) is 97.1 cm³/mol. The summed E-state index contributed by atoms with van der Waals surface area (Å²) in [6.07, 6.45) is 0. The second-order valence-electron chi connectivity index (χ2n) is 5.86. The molecule has 0 bridgehead atoms. The zero-order valence-electron chi connectivity index (χ0n) is 14.7. The molecule has 2 rings (SSSR count). The molecular formula is C20H23NO4. The van der Waals surface area contributed by atoms with E-state index in [1.54, 1.807) is 31.2 Å². The van der Waals surface area contributed by atoms with Gasteiger partial charge in [-0.1, -0.05) is 26.0 Å². The van der Waals surface area contributed by atoms with Gasteiger partial charge in [0.15, 0.2) is 6.61 Å². The van der Waals surface area contributed by atoms with Gasteiger partial charge in [0, 0.05) is 5.69 Å². The molecule has 1 N–H and O–H groups in total. The second-order valence-corrected chi connectivity index (χ2v) is 5.86. The lowest BCUT2D eigenvalue weighted by Gasteiger charge is -2.10. The van der Waals surface area contributed by atoms with Crippen LogP contribution in [0.1, 0.15) is 42.6 Å². The molecule has 0 aliphatic carbocycles. The maximum atomic E-state index is 12.0. The molecule has 0 radical (unpaired) electrons. The molecule has 0 saturated heterocycles. The summed E-state index contributed by atoms with van der Waals surface area (Å²) in [7, 11) is 0. The summed E-state index contributed by atoms with van der Waals surface area (Å²) in [5, 5.41) is 2.72. The van der Waals surface area contributed by atoms with Gasteiger partial charge in [-0.15, -0.1) is 0 Å². The Morgan fingerprint density at radius 3 is 2.20 bits per heavy atom. The number of ether oxygens (including phenoxy) is 2. The van der Waals surface area contributed by atoms with Crippen LogP contribution in [0.3, 0.4) is 0 Å². The van der Waals surface area contributed by atoms with Crippen molar-refractivity contribution in [2.24, 2.45) is 0 Å². The third-order valence-electron chi connectivity index (χ3n) is 3.60. The minimum absolute atomic E-state index is 0.0827. The monoisotopic (exact) mass is 341 g/mol. The van der Waals surface area contributed by atoms with E-state index in [1.807, 2.05) is 24.3 Å². The van der Waals surface area contributed by atoms with E-state index in [9.17, 15) is 9.59 Å². The fraction of sp³-hybridized carbons (Fsp3) is 0.300. The standard InChI is InChI=1S/C20H23NO4/c1-4-24-20(23)16-5-9-17(10-6-16)21-19(22)13-25-18-11-7-15(8-12-18)14(2)3/h5-12,14H,4,13H2,1-3H3,(H,21,22). The summed E-state index contributed by atoms with van der Waals surface area (Å²) in [5.41, 5.74) is 2.26. The molecule has 2 aromatic carbocycles. The topological polar surface area (TPSA) is 64.6 Å². The third-order valence-corrected chi connectivity index (χ3v) is 3.60. The van der Waals surface area contributed by atoms with Crippen LogP contribution in [0, 0.1) is 0 Å². The van der Waals surface area contributed by atoms with Gasteiger partial charge in [0.05, 0.1) is 12.2 Å². The van der Waals surface area contributed by atoms with E-state index < -0.39 is 0 Å². The van der Waals surface area contributed by atoms with Gasteiger partial charge in [-0.05, 0) is 54.8 Å². The Morgan fingerprint density at radius 1 is 1.00 bits per heavy atom. The van der Waals surface area contributed by atoms with Crippen molar-refractivity contribution < 1.29 is 19.1 Å². The molecule has 0 heterocycles. The molecule has 0 aliphatic heterocycles. The van der Waals surface area contributed by atoms with Gasteiger partial charge in [0.25, 0.3) is 5.91 Å². The lowest BCUT2D eigenvalue weighted by atomic mass is 10.0. The fourth-order valence-corrected chi connectivity index (χ4v) is 2.20. The number of benzene rings is 2. The molecule has 0 unspecified atom stereocenters. The SMILES string of the molecule is CCOC(=O)c1ccc(NC(=O)COc2ccc(C(C)C)cc2)cc1. The first-order valence-corrected chi connectivity index (χ1v) is 8.29. The molecule has 2 aromatic rings. The van der Waals surface area contributed by atoms with Crippen molar-refractivity contribution in [3.05, 3.63) is 59.7 Å². The lowest BCUT2D eigenvalue weighted by Crippen LogP contribution is -2.20. The highest BCUT2D eigenvalue weighted by molar-refractivity contribution is 5.93. The molecule has 0 aromatic heterocycles. The summed E-state index contributed by atoms with van der Waals surface area (Å²) in [5.74, 6) is 0.456. The molecule has 0 atom stereocenters. The second kappa shape index (κ2) is 8.87. The number of hydrogen-bond donors (Lipinski definition) is 1. The van der Waals surface area contributed by atoms with E-state index in [2.05, 4.69) is 19.2 Å². The highest BCUT2D eigenvalue weighted by Crippen LogP contribution is 2.18. The Morgan fingerprint density at radius 2 is 1.64 bits per heavy atom. The first-order chi connectivity index (χ1) is 12.0. The van der Waals surface area contributed by atoms with Gasteiger partial charge in [0.1, 0.15) is 5.75 Å². The largest absolute Gasteiger partial charge is 0.484 e. The molecule has 0 saturated carbocycles. The average Bonchev–Trinajstić information content (AvgIpc) is 2.61. The summed E-state index contributed by atoms with van der Waals surface area (Å²) < 4.78 is 10.4. The Hall–Kier alpha value is -2.82. The van der Waals surface area contributed by atoms with Gasteiger partial charge in [0.2, 0.25) is 0 Å². The number of nitrogens with one attached hydrogen (secondary N) is 1. The number of amides is 1. The number of carbonyl (C=O) groups excluding carboxylic acids is 2. The van der Waals surface area contributed by atoms with Gasteiger partial charge in [-0.2, -0.15) is 0 Å². The van der Waals surface area contributed by atoms with Gasteiger partial charge in [-0.3, -0.25) is 4.79 Å². The summed E-state index contributed by atoms with van der Waals surface area (Å²) in [4.78, 5) is 23.5. The van der Waals surface area contributed by atoms with E-state index in [4.69, 9.17) is 9.47 Å². The van der Waals surface area contributed by atoms with Gasteiger partial charge < -0.3 is 14.8 Å². The Labute approximate surface area is 148 Å².